The molecule has 74 valence electrons. The quantitative estimate of drug-likeness (QED) is 0.696. The Hall–Kier alpha value is -1.55. The van der Waals surface area contributed by atoms with Gasteiger partial charge in [-0.3, -0.25) is 4.79 Å². The van der Waals surface area contributed by atoms with Crippen LogP contribution in [0.2, 0.25) is 0 Å². The molecule has 0 radical (unpaired) electrons. The molecule has 1 aromatic rings. The zero-order chi connectivity index (χ0) is 10.3. The van der Waals surface area contributed by atoms with Gasteiger partial charge in [-0.25, -0.2) is 0 Å². The average molecular weight is 192 g/mol. The smallest absolute Gasteiger partial charge is 0.245 e. The van der Waals surface area contributed by atoms with Crippen molar-refractivity contribution in [2.75, 3.05) is 12.4 Å². The van der Waals surface area contributed by atoms with Crippen molar-refractivity contribution in [2.45, 2.75) is 13.0 Å². The van der Waals surface area contributed by atoms with Gasteiger partial charge in [0.1, 0.15) is 11.8 Å². The summed E-state index contributed by atoms with van der Waals surface area (Å²) in [7, 11) is 1.59. The maximum absolute atomic E-state index is 11.3. The normalized spacial score (nSPS) is 19.1. The van der Waals surface area contributed by atoms with E-state index in [1.165, 1.54) is 0 Å². The fourth-order valence-corrected chi connectivity index (χ4v) is 1.66. The summed E-state index contributed by atoms with van der Waals surface area (Å²) < 4.78 is 5.11. The third-order valence-corrected chi connectivity index (χ3v) is 2.44. The molecule has 0 saturated carbocycles. The van der Waals surface area contributed by atoms with Gasteiger partial charge < -0.3 is 15.8 Å². The molecule has 1 aliphatic heterocycles. The second-order valence-electron chi connectivity index (χ2n) is 3.38. The average Bonchev–Trinajstić information content (AvgIpc) is 2.45. The van der Waals surface area contributed by atoms with E-state index in [2.05, 4.69) is 5.32 Å². The number of fused-ring (bicyclic) bond motifs is 1. The van der Waals surface area contributed by atoms with Crippen LogP contribution in [0.15, 0.2) is 12.1 Å². The fourth-order valence-electron chi connectivity index (χ4n) is 1.66. The number of hydrogen-bond donors (Lipinski definition) is 2. The molecule has 4 heteroatoms. The lowest BCUT2D eigenvalue weighted by atomic mass is 10.1. The lowest BCUT2D eigenvalue weighted by molar-refractivity contribution is -0.116. The van der Waals surface area contributed by atoms with Gasteiger partial charge in [-0.2, -0.15) is 0 Å². The Kier molecular flexibility index (Phi) is 1.93. The van der Waals surface area contributed by atoms with E-state index in [0.717, 1.165) is 22.6 Å². The Bertz CT molecular complexity index is 401. The van der Waals surface area contributed by atoms with Gasteiger partial charge in [0.05, 0.1) is 7.11 Å². The van der Waals surface area contributed by atoms with Gasteiger partial charge in [-0.1, -0.05) is 0 Å². The van der Waals surface area contributed by atoms with Gasteiger partial charge in [0.25, 0.3) is 0 Å². The van der Waals surface area contributed by atoms with Crippen molar-refractivity contribution >= 4 is 11.6 Å². The summed E-state index contributed by atoms with van der Waals surface area (Å²) in [5, 5.41) is 2.75. The van der Waals surface area contributed by atoms with Crippen LogP contribution >= 0.6 is 0 Å². The van der Waals surface area contributed by atoms with Crippen molar-refractivity contribution in [2.24, 2.45) is 5.73 Å². The van der Waals surface area contributed by atoms with Crippen molar-refractivity contribution in [3.63, 3.8) is 0 Å². The molecule has 1 amide bonds. The predicted octanol–water partition coefficient (Wildman–Crippen LogP) is 0.956. The maximum Gasteiger partial charge on any atom is 0.245 e. The molecule has 1 atom stereocenters. The molecule has 1 aromatic carbocycles. The molecule has 0 aromatic heterocycles. The number of nitrogens with two attached hydrogens (primary N) is 1. The van der Waals surface area contributed by atoms with Crippen LogP contribution in [0.5, 0.6) is 5.75 Å². The molecule has 1 unspecified atom stereocenters. The third kappa shape index (κ3) is 1.15. The zero-order valence-electron chi connectivity index (χ0n) is 8.13. The molecule has 0 aliphatic carbocycles. The Morgan fingerprint density at radius 3 is 2.86 bits per heavy atom. The van der Waals surface area contributed by atoms with Gasteiger partial charge in [0.2, 0.25) is 5.91 Å². The highest BCUT2D eigenvalue weighted by molar-refractivity contribution is 6.03. The van der Waals surface area contributed by atoms with Crippen LogP contribution in [0.25, 0.3) is 0 Å². The van der Waals surface area contributed by atoms with E-state index in [9.17, 15) is 4.79 Å². The predicted molar refractivity (Wildman–Crippen MR) is 53.3 cm³/mol. The SMILES string of the molecule is COc1cc(C)c2c(c1)C(N)C(=O)N2. The number of benzene rings is 1. The summed E-state index contributed by atoms with van der Waals surface area (Å²) in [5.41, 5.74) is 8.32. The third-order valence-electron chi connectivity index (χ3n) is 2.44. The first-order valence-corrected chi connectivity index (χ1v) is 4.38. The number of carbonyl (C=O) groups excluding carboxylic acids is 1. The summed E-state index contributed by atoms with van der Waals surface area (Å²) in [6.07, 6.45) is 0. The second kappa shape index (κ2) is 2.99. The van der Waals surface area contributed by atoms with E-state index in [-0.39, 0.29) is 5.91 Å². The van der Waals surface area contributed by atoms with Crippen LogP contribution in [0, 0.1) is 6.92 Å². The molecule has 2 rings (SSSR count). The van der Waals surface area contributed by atoms with Crippen LogP contribution in [0.1, 0.15) is 17.2 Å². The Balaban J connectivity index is 2.57. The van der Waals surface area contributed by atoms with E-state index >= 15 is 0 Å². The van der Waals surface area contributed by atoms with Crippen molar-refractivity contribution in [3.05, 3.63) is 23.3 Å². The number of rotatable bonds is 1. The van der Waals surface area contributed by atoms with Crippen LogP contribution in [0.4, 0.5) is 5.69 Å². The highest BCUT2D eigenvalue weighted by atomic mass is 16.5. The highest BCUT2D eigenvalue weighted by Gasteiger charge is 2.28. The summed E-state index contributed by atoms with van der Waals surface area (Å²) in [6, 6.07) is 3.10. The molecular weight excluding hydrogens is 180 g/mol. The minimum atomic E-state index is -0.571. The first kappa shape index (κ1) is 9.02. The van der Waals surface area contributed by atoms with Gasteiger partial charge in [-0.15, -0.1) is 0 Å². The molecule has 1 aliphatic rings. The molecular formula is C10H12N2O2. The van der Waals surface area contributed by atoms with Gasteiger partial charge >= 0.3 is 0 Å². The van der Waals surface area contributed by atoms with E-state index in [1.807, 2.05) is 13.0 Å². The molecule has 3 N–H and O–H groups in total. The number of ether oxygens (including phenoxy) is 1. The number of aryl methyl sites for hydroxylation is 1. The van der Waals surface area contributed by atoms with E-state index in [0.29, 0.717) is 0 Å². The number of anilines is 1. The van der Waals surface area contributed by atoms with Crippen LogP contribution in [-0.2, 0) is 4.79 Å². The van der Waals surface area contributed by atoms with Gasteiger partial charge in [0, 0.05) is 11.3 Å². The highest BCUT2D eigenvalue weighted by Crippen LogP contribution is 2.35. The van der Waals surface area contributed by atoms with Gasteiger partial charge in [0.15, 0.2) is 0 Å². The molecule has 0 bridgehead atoms. The molecule has 14 heavy (non-hydrogen) atoms. The van der Waals surface area contributed by atoms with Gasteiger partial charge in [-0.05, 0) is 24.6 Å². The van der Waals surface area contributed by atoms with Crippen LogP contribution in [0.3, 0.4) is 0 Å². The monoisotopic (exact) mass is 192 g/mol. The lowest BCUT2D eigenvalue weighted by Crippen LogP contribution is -2.19. The first-order chi connectivity index (χ1) is 6.63. The summed E-state index contributed by atoms with van der Waals surface area (Å²) in [4.78, 5) is 11.3. The summed E-state index contributed by atoms with van der Waals surface area (Å²) in [5.74, 6) is 0.574. The van der Waals surface area contributed by atoms with Crippen LogP contribution < -0.4 is 15.8 Å². The summed E-state index contributed by atoms with van der Waals surface area (Å²) in [6.45, 7) is 1.92. The molecule has 0 saturated heterocycles. The van der Waals surface area contributed by atoms with Crippen molar-refractivity contribution in [3.8, 4) is 5.75 Å². The Labute approximate surface area is 82.1 Å². The largest absolute Gasteiger partial charge is 0.497 e. The molecule has 0 fully saturated rings. The molecule has 4 nitrogen and oxygen atoms in total. The molecule has 1 heterocycles. The minimum Gasteiger partial charge on any atom is -0.497 e. The number of carbonyl (C=O) groups is 1. The zero-order valence-corrected chi connectivity index (χ0v) is 8.13. The maximum atomic E-state index is 11.3. The van der Waals surface area contributed by atoms with Crippen molar-refractivity contribution < 1.29 is 9.53 Å². The van der Waals surface area contributed by atoms with Crippen LogP contribution in [-0.4, -0.2) is 13.0 Å². The number of amides is 1. The van der Waals surface area contributed by atoms with E-state index in [4.69, 9.17) is 10.5 Å². The number of methoxy groups -OCH3 is 1. The minimum absolute atomic E-state index is 0.156. The fraction of sp³-hybridized carbons (Fsp3) is 0.300. The molecule has 0 spiro atoms. The van der Waals surface area contributed by atoms with Crippen molar-refractivity contribution in [1.82, 2.24) is 0 Å². The van der Waals surface area contributed by atoms with E-state index in [1.54, 1.807) is 13.2 Å². The summed E-state index contributed by atoms with van der Waals surface area (Å²) >= 11 is 0. The Morgan fingerprint density at radius 2 is 2.21 bits per heavy atom. The lowest BCUT2D eigenvalue weighted by Gasteiger charge is -2.07. The van der Waals surface area contributed by atoms with Crippen molar-refractivity contribution in [1.29, 1.82) is 0 Å². The topological polar surface area (TPSA) is 64.3 Å². The standard InChI is InChI=1S/C10H12N2O2/c1-5-3-6(14-2)4-7-8(11)10(13)12-9(5)7/h3-4,8H,11H2,1-2H3,(H,12,13). The number of hydrogen-bond acceptors (Lipinski definition) is 3. The Morgan fingerprint density at radius 1 is 1.50 bits per heavy atom. The first-order valence-electron chi connectivity index (χ1n) is 4.38. The number of nitrogens with one attached hydrogen (secondary N) is 1. The second-order valence-corrected chi connectivity index (χ2v) is 3.38. The van der Waals surface area contributed by atoms with E-state index < -0.39 is 6.04 Å².